The summed E-state index contributed by atoms with van der Waals surface area (Å²) in [5.41, 5.74) is 9.73. The van der Waals surface area contributed by atoms with Crippen molar-refractivity contribution in [2.45, 2.75) is 39.0 Å². The molecule has 14 heavy (non-hydrogen) atoms. The van der Waals surface area contributed by atoms with E-state index in [1.807, 2.05) is 6.07 Å². The highest BCUT2D eigenvalue weighted by molar-refractivity contribution is 5.45. The molecular formula is C13H19N. The molecule has 0 spiro atoms. The molecule has 0 bridgehead atoms. The molecular weight excluding hydrogens is 170 g/mol. The Kier molecular flexibility index (Phi) is 2.76. The van der Waals surface area contributed by atoms with Gasteiger partial charge in [-0.25, -0.2) is 0 Å². The molecule has 1 heteroatoms. The molecule has 1 aromatic rings. The van der Waals surface area contributed by atoms with Gasteiger partial charge < -0.3 is 5.73 Å². The summed E-state index contributed by atoms with van der Waals surface area (Å²) in [5, 5.41) is 0. The maximum absolute atomic E-state index is 5.80. The van der Waals surface area contributed by atoms with Gasteiger partial charge in [0.15, 0.2) is 0 Å². The second kappa shape index (κ2) is 4.04. The summed E-state index contributed by atoms with van der Waals surface area (Å²) in [7, 11) is 0. The van der Waals surface area contributed by atoms with Crippen molar-refractivity contribution in [2.75, 3.05) is 5.73 Å². The van der Waals surface area contributed by atoms with E-state index in [-0.39, 0.29) is 0 Å². The highest BCUT2D eigenvalue weighted by Crippen LogP contribution is 2.29. The van der Waals surface area contributed by atoms with E-state index in [0.29, 0.717) is 0 Å². The van der Waals surface area contributed by atoms with Crippen LogP contribution in [0.4, 0.5) is 5.69 Å². The van der Waals surface area contributed by atoms with E-state index in [4.69, 9.17) is 5.73 Å². The summed E-state index contributed by atoms with van der Waals surface area (Å²) < 4.78 is 0. The number of hydrogen-bond acceptors (Lipinski definition) is 1. The number of hydrogen-bond donors (Lipinski definition) is 1. The Balaban J connectivity index is 2.16. The number of rotatable bonds is 2. The van der Waals surface area contributed by atoms with Crippen molar-refractivity contribution >= 4 is 5.69 Å². The van der Waals surface area contributed by atoms with Crippen molar-refractivity contribution in [1.29, 1.82) is 0 Å². The van der Waals surface area contributed by atoms with Crippen molar-refractivity contribution in [3.8, 4) is 0 Å². The largest absolute Gasteiger partial charge is 0.399 e. The van der Waals surface area contributed by atoms with Crippen molar-refractivity contribution < 1.29 is 0 Å². The first kappa shape index (κ1) is 9.57. The number of nitrogen functional groups attached to an aromatic ring is 1. The van der Waals surface area contributed by atoms with Crippen molar-refractivity contribution in [1.82, 2.24) is 0 Å². The molecule has 1 atom stereocenters. The Bertz CT molecular complexity index is 317. The lowest BCUT2D eigenvalue weighted by molar-refractivity contribution is 0.423. The lowest BCUT2D eigenvalue weighted by Crippen LogP contribution is -2.14. The van der Waals surface area contributed by atoms with Gasteiger partial charge in [0.25, 0.3) is 0 Å². The molecule has 1 unspecified atom stereocenters. The van der Waals surface area contributed by atoms with Gasteiger partial charge >= 0.3 is 0 Å². The fourth-order valence-electron chi connectivity index (χ4n) is 2.51. The second-order valence-electron chi connectivity index (χ2n) is 4.43. The maximum atomic E-state index is 5.80. The molecule has 0 fully saturated rings. The molecule has 2 N–H and O–H groups in total. The lowest BCUT2D eigenvalue weighted by atomic mass is 9.81. The standard InChI is InChI=1S/C13H19N/c1-2-3-10-4-5-11-6-7-13(14)9-12(11)8-10/h6-7,9-10H,2-5,8,14H2,1H3. The van der Waals surface area contributed by atoms with E-state index in [1.54, 1.807) is 0 Å². The highest BCUT2D eigenvalue weighted by Gasteiger charge is 2.17. The Hall–Kier alpha value is -0.980. The number of anilines is 1. The summed E-state index contributed by atoms with van der Waals surface area (Å²) in [6.45, 7) is 2.27. The van der Waals surface area contributed by atoms with Crippen molar-refractivity contribution in [3.05, 3.63) is 29.3 Å². The molecule has 0 radical (unpaired) electrons. The molecule has 0 aromatic heterocycles. The average Bonchev–Trinajstić information content (AvgIpc) is 2.17. The van der Waals surface area contributed by atoms with Gasteiger partial charge in [0.1, 0.15) is 0 Å². The summed E-state index contributed by atoms with van der Waals surface area (Å²) in [6.07, 6.45) is 6.54. The fourth-order valence-corrected chi connectivity index (χ4v) is 2.51. The number of benzene rings is 1. The lowest BCUT2D eigenvalue weighted by Gasteiger charge is -2.24. The van der Waals surface area contributed by atoms with E-state index in [0.717, 1.165) is 11.6 Å². The molecule has 0 heterocycles. The van der Waals surface area contributed by atoms with Crippen LogP contribution in [0.5, 0.6) is 0 Å². The molecule has 0 aliphatic heterocycles. The number of fused-ring (bicyclic) bond motifs is 1. The van der Waals surface area contributed by atoms with Crippen LogP contribution in [0, 0.1) is 5.92 Å². The van der Waals surface area contributed by atoms with Gasteiger partial charge in [-0.2, -0.15) is 0 Å². The zero-order valence-corrected chi connectivity index (χ0v) is 8.92. The zero-order chi connectivity index (χ0) is 9.97. The molecule has 0 saturated carbocycles. The first-order valence-electron chi connectivity index (χ1n) is 5.67. The van der Waals surface area contributed by atoms with Crippen molar-refractivity contribution in [3.63, 3.8) is 0 Å². The first-order valence-corrected chi connectivity index (χ1v) is 5.67. The Morgan fingerprint density at radius 1 is 1.36 bits per heavy atom. The van der Waals surface area contributed by atoms with Crippen LogP contribution in [0.1, 0.15) is 37.3 Å². The van der Waals surface area contributed by atoms with Crippen LogP contribution in [0.3, 0.4) is 0 Å². The third-order valence-corrected chi connectivity index (χ3v) is 3.26. The van der Waals surface area contributed by atoms with Crippen molar-refractivity contribution in [2.24, 2.45) is 5.92 Å². The minimum absolute atomic E-state index is 0.897. The summed E-state index contributed by atoms with van der Waals surface area (Å²) in [5.74, 6) is 0.897. The zero-order valence-electron chi connectivity index (χ0n) is 8.92. The minimum Gasteiger partial charge on any atom is -0.399 e. The van der Waals surface area contributed by atoms with Crippen LogP contribution in [-0.4, -0.2) is 0 Å². The molecule has 1 aliphatic carbocycles. The average molecular weight is 189 g/mol. The van der Waals surface area contributed by atoms with Gasteiger partial charge in [-0.05, 0) is 48.4 Å². The third-order valence-electron chi connectivity index (χ3n) is 3.26. The van der Waals surface area contributed by atoms with Gasteiger partial charge in [-0.1, -0.05) is 25.8 Å². The van der Waals surface area contributed by atoms with Crippen LogP contribution in [-0.2, 0) is 12.8 Å². The van der Waals surface area contributed by atoms with E-state index in [2.05, 4.69) is 19.1 Å². The van der Waals surface area contributed by atoms with Crippen LogP contribution < -0.4 is 5.73 Å². The molecule has 1 aliphatic rings. The van der Waals surface area contributed by atoms with E-state index in [1.165, 1.54) is 43.2 Å². The molecule has 2 rings (SSSR count). The molecule has 0 saturated heterocycles. The fraction of sp³-hybridized carbons (Fsp3) is 0.538. The maximum Gasteiger partial charge on any atom is 0.0316 e. The van der Waals surface area contributed by atoms with Crippen LogP contribution in [0.15, 0.2) is 18.2 Å². The first-order chi connectivity index (χ1) is 6.79. The van der Waals surface area contributed by atoms with E-state index >= 15 is 0 Å². The van der Waals surface area contributed by atoms with Gasteiger partial charge in [0.05, 0.1) is 0 Å². The highest BCUT2D eigenvalue weighted by atomic mass is 14.5. The summed E-state index contributed by atoms with van der Waals surface area (Å²) in [4.78, 5) is 0. The quantitative estimate of drug-likeness (QED) is 0.710. The van der Waals surface area contributed by atoms with Gasteiger partial charge in [0, 0.05) is 5.69 Å². The van der Waals surface area contributed by atoms with E-state index in [9.17, 15) is 0 Å². The molecule has 1 aromatic carbocycles. The predicted molar refractivity (Wildman–Crippen MR) is 61.3 cm³/mol. The number of aryl methyl sites for hydroxylation is 1. The Labute approximate surface area is 86.3 Å². The molecule has 76 valence electrons. The predicted octanol–water partition coefficient (Wildman–Crippen LogP) is 3.17. The topological polar surface area (TPSA) is 26.0 Å². The normalized spacial score (nSPS) is 20.5. The van der Waals surface area contributed by atoms with Gasteiger partial charge in [-0.15, -0.1) is 0 Å². The number of nitrogens with two attached hydrogens (primary N) is 1. The Morgan fingerprint density at radius 2 is 2.21 bits per heavy atom. The summed E-state index contributed by atoms with van der Waals surface area (Å²) >= 11 is 0. The Morgan fingerprint density at radius 3 is 3.00 bits per heavy atom. The van der Waals surface area contributed by atoms with Gasteiger partial charge in [-0.3, -0.25) is 0 Å². The second-order valence-corrected chi connectivity index (χ2v) is 4.43. The molecule has 1 nitrogen and oxygen atoms in total. The smallest absolute Gasteiger partial charge is 0.0316 e. The third kappa shape index (κ3) is 1.92. The molecule has 0 amide bonds. The SMILES string of the molecule is CCCC1CCc2ccc(N)cc2C1. The van der Waals surface area contributed by atoms with Crippen LogP contribution in [0.2, 0.25) is 0 Å². The van der Waals surface area contributed by atoms with Crippen LogP contribution >= 0.6 is 0 Å². The van der Waals surface area contributed by atoms with Crippen LogP contribution in [0.25, 0.3) is 0 Å². The monoisotopic (exact) mass is 189 g/mol. The van der Waals surface area contributed by atoms with E-state index < -0.39 is 0 Å². The minimum atomic E-state index is 0.897. The summed E-state index contributed by atoms with van der Waals surface area (Å²) in [6, 6.07) is 6.39. The van der Waals surface area contributed by atoms with Gasteiger partial charge in [0.2, 0.25) is 0 Å².